The number of hydrogen-bond donors (Lipinski definition) is 1. The maximum atomic E-state index is 10.3. The second kappa shape index (κ2) is 11.9. The second-order valence-corrected chi connectivity index (χ2v) is 9.38. The van der Waals surface area contributed by atoms with Crippen molar-refractivity contribution in [3.05, 3.63) is 52.0 Å². The average Bonchev–Trinajstić information content (AvgIpc) is 2.77. The lowest BCUT2D eigenvalue weighted by Gasteiger charge is -2.37. The number of aliphatic hydroxyl groups is 1. The number of methoxy groups -OCH3 is 1. The van der Waals surface area contributed by atoms with Gasteiger partial charge in [0.15, 0.2) is 0 Å². The third kappa shape index (κ3) is 7.21. The normalized spacial score (nSPS) is 15.9. The van der Waals surface area contributed by atoms with Gasteiger partial charge >= 0.3 is 0 Å². The lowest BCUT2D eigenvalue weighted by atomic mass is 9.97. The SMILES string of the molecule is COCc1nc(C)nc(N2CCN(CC(O)COC(C)C)CC2)c1Cc1cc(C)ccc1C. The van der Waals surface area contributed by atoms with E-state index in [0.717, 1.165) is 55.5 Å². The molecule has 33 heavy (non-hydrogen) atoms. The molecule has 2 aromatic rings. The molecule has 0 spiro atoms. The fourth-order valence-electron chi connectivity index (χ4n) is 4.31. The molecule has 0 radical (unpaired) electrons. The Hall–Kier alpha value is -2.06. The van der Waals surface area contributed by atoms with Crippen LogP contribution < -0.4 is 4.90 Å². The third-order valence-electron chi connectivity index (χ3n) is 6.10. The number of aryl methyl sites for hydroxylation is 3. The number of ether oxygens (including phenoxy) is 2. The number of β-amino-alcohol motifs (C(OH)–C–C–N with tert-alkyl or cyclic N) is 1. The van der Waals surface area contributed by atoms with Gasteiger partial charge in [-0.2, -0.15) is 0 Å². The van der Waals surface area contributed by atoms with Crippen LogP contribution in [-0.2, 0) is 22.5 Å². The summed E-state index contributed by atoms with van der Waals surface area (Å²) in [6.07, 6.45) is 0.454. The summed E-state index contributed by atoms with van der Waals surface area (Å²) in [6.45, 7) is 15.2. The highest BCUT2D eigenvalue weighted by atomic mass is 16.5. The molecule has 7 nitrogen and oxygen atoms in total. The van der Waals surface area contributed by atoms with E-state index in [4.69, 9.17) is 19.4 Å². The molecule has 1 unspecified atom stereocenters. The van der Waals surface area contributed by atoms with Crippen molar-refractivity contribution in [3.8, 4) is 0 Å². The molecule has 3 rings (SSSR count). The first-order valence-electron chi connectivity index (χ1n) is 11.9. The Morgan fingerprint density at radius 3 is 2.45 bits per heavy atom. The van der Waals surface area contributed by atoms with E-state index < -0.39 is 6.10 Å². The fraction of sp³-hybridized carbons (Fsp3) is 0.615. The van der Waals surface area contributed by atoms with Crippen LogP contribution in [0.2, 0.25) is 0 Å². The molecule has 0 amide bonds. The van der Waals surface area contributed by atoms with E-state index in [0.29, 0.717) is 19.8 Å². The van der Waals surface area contributed by atoms with Crippen LogP contribution in [0.25, 0.3) is 0 Å². The van der Waals surface area contributed by atoms with Gasteiger partial charge in [0.2, 0.25) is 0 Å². The summed E-state index contributed by atoms with van der Waals surface area (Å²) in [5, 5.41) is 10.3. The van der Waals surface area contributed by atoms with Crippen molar-refractivity contribution in [2.24, 2.45) is 0 Å². The molecule has 1 fully saturated rings. The number of rotatable bonds is 10. The Morgan fingerprint density at radius 1 is 1.06 bits per heavy atom. The molecular formula is C26H40N4O3. The molecule has 0 aliphatic carbocycles. The fourth-order valence-corrected chi connectivity index (χ4v) is 4.31. The van der Waals surface area contributed by atoms with Crippen LogP contribution in [0, 0.1) is 20.8 Å². The standard InChI is InChI=1S/C26H40N4O3/c1-18(2)33-16-23(31)15-29-9-11-30(12-10-29)26-24(25(17-32-6)27-21(5)28-26)14-22-13-19(3)7-8-20(22)4/h7-8,13,18,23,31H,9-12,14-17H2,1-6H3. The monoisotopic (exact) mass is 456 g/mol. The molecule has 1 atom stereocenters. The Labute approximate surface area is 198 Å². The highest BCUT2D eigenvalue weighted by molar-refractivity contribution is 5.52. The predicted octanol–water partition coefficient (Wildman–Crippen LogP) is 3.05. The van der Waals surface area contributed by atoms with Crippen LogP contribution in [0.4, 0.5) is 5.82 Å². The van der Waals surface area contributed by atoms with Crippen LogP contribution >= 0.6 is 0 Å². The first-order chi connectivity index (χ1) is 15.8. The molecule has 0 bridgehead atoms. The zero-order valence-electron chi connectivity index (χ0n) is 21.1. The molecule has 2 heterocycles. The largest absolute Gasteiger partial charge is 0.389 e. The molecule has 1 N–H and O–H groups in total. The summed E-state index contributed by atoms with van der Waals surface area (Å²) in [7, 11) is 1.71. The number of aliphatic hydroxyl groups excluding tert-OH is 1. The first-order valence-corrected chi connectivity index (χ1v) is 11.9. The van der Waals surface area contributed by atoms with Gasteiger partial charge in [-0.15, -0.1) is 0 Å². The van der Waals surface area contributed by atoms with Crippen molar-refractivity contribution in [1.29, 1.82) is 0 Å². The molecule has 7 heteroatoms. The highest BCUT2D eigenvalue weighted by Crippen LogP contribution is 2.27. The van der Waals surface area contributed by atoms with E-state index in [1.165, 1.54) is 16.7 Å². The molecule has 1 aromatic carbocycles. The van der Waals surface area contributed by atoms with Crippen molar-refractivity contribution in [2.75, 3.05) is 51.3 Å². The highest BCUT2D eigenvalue weighted by Gasteiger charge is 2.24. The van der Waals surface area contributed by atoms with Gasteiger partial charge in [-0.3, -0.25) is 4.90 Å². The molecule has 182 valence electrons. The molecule has 1 aromatic heterocycles. The maximum Gasteiger partial charge on any atom is 0.136 e. The van der Waals surface area contributed by atoms with E-state index in [1.54, 1.807) is 7.11 Å². The van der Waals surface area contributed by atoms with E-state index in [1.807, 2.05) is 20.8 Å². The summed E-state index contributed by atoms with van der Waals surface area (Å²) in [6, 6.07) is 6.60. The molecule has 1 aliphatic heterocycles. The lowest BCUT2D eigenvalue weighted by Crippen LogP contribution is -2.49. The zero-order valence-corrected chi connectivity index (χ0v) is 21.1. The van der Waals surface area contributed by atoms with Gasteiger partial charge < -0.3 is 19.5 Å². The number of hydrogen-bond acceptors (Lipinski definition) is 7. The quantitative estimate of drug-likeness (QED) is 0.589. The molecular weight excluding hydrogens is 416 g/mol. The number of anilines is 1. The van der Waals surface area contributed by atoms with Crippen LogP contribution in [-0.4, -0.2) is 78.6 Å². The second-order valence-electron chi connectivity index (χ2n) is 9.38. The van der Waals surface area contributed by atoms with E-state index in [9.17, 15) is 5.11 Å². The maximum absolute atomic E-state index is 10.3. The van der Waals surface area contributed by atoms with Crippen LogP contribution in [0.1, 0.15) is 47.6 Å². The van der Waals surface area contributed by atoms with Gasteiger partial charge in [-0.05, 0) is 45.7 Å². The van der Waals surface area contributed by atoms with Crippen molar-refractivity contribution in [1.82, 2.24) is 14.9 Å². The van der Waals surface area contributed by atoms with Crippen molar-refractivity contribution in [3.63, 3.8) is 0 Å². The lowest BCUT2D eigenvalue weighted by molar-refractivity contribution is -0.00901. The topological polar surface area (TPSA) is 71.0 Å². The summed E-state index contributed by atoms with van der Waals surface area (Å²) in [5.41, 5.74) is 5.94. The Bertz CT molecular complexity index is 911. The van der Waals surface area contributed by atoms with Crippen LogP contribution in [0.5, 0.6) is 0 Å². The van der Waals surface area contributed by atoms with Crippen molar-refractivity contribution < 1.29 is 14.6 Å². The molecule has 1 aliphatic rings. The Balaban J connectivity index is 1.78. The summed E-state index contributed by atoms with van der Waals surface area (Å²) < 4.78 is 11.1. The van der Waals surface area contributed by atoms with Crippen molar-refractivity contribution >= 4 is 5.82 Å². The van der Waals surface area contributed by atoms with E-state index in [-0.39, 0.29) is 6.10 Å². The Morgan fingerprint density at radius 2 is 1.79 bits per heavy atom. The van der Waals surface area contributed by atoms with E-state index in [2.05, 4.69) is 41.8 Å². The van der Waals surface area contributed by atoms with Crippen LogP contribution in [0.3, 0.4) is 0 Å². The van der Waals surface area contributed by atoms with Gasteiger partial charge in [0.05, 0.1) is 31.1 Å². The molecule has 0 saturated carbocycles. The predicted molar refractivity (Wildman–Crippen MR) is 132 cm³/mol. The number of aromatic nitrogens is 2. The van der Waals surface area contributed by atoms with Gasteiger partial charge in [0.1, 0.15) is 11.6 Å². The summed E-state index contributed by atoms with van der Waals surface area (Å²) in [5.74, 6) is 1.78. The minimum Gasteiger partial charge on any atom is -0.389 e. The van der Waals surface area contributed by atoms with Gasteiger partial charge in [0, 0.05) is 51.8 Å². The average molecular weight is 457 g/mol. The van der Waals surface area contributed by atoms with Crippen molar-refractivity contribution in [2.45, 2.75) is 59.9 Å². The van der Waals surface area contributed by atoms with E-state index >= 15 is 0 Å². The summed E-state index contributed by atoms with van der Waals surface area (Å²) >= 11 is 0. The minimum atomic E-state index is -0.464. The molecule has 1 saturated heterocycles. The smallest absolute Gasteiger partial charge is 0.136 e. The zero-order chi connectivity index (χ0) is 24.0. The minimum absolute atomic E-state index is 0.134. The number of benzene rings is 1. The van der Waals surface area contributed by atoms with Gasteiger partial charge in [0.25, 0.3) is 0 Å². The third-order valence-corrected chi connectivity index (χ3v) is 6.10. The Kier molecular flexibility index (Phi) is 9.20. The van der Waals surface area contributed by atoms with Crippen LogP contribution in [0.15, 0.2) is 18.2 Å². The first kappa shape index (κ1) is 25.6. The number of nitrogens with zero attached hydrogens (tertiary/aromatic N) is 4. The van der Waals surface area contributed by atoms with Gasteiger partial charge in [-0.25, -0.2) is 9.97 Å². The summed E-state index contributed by atoms with van der Waals surface area (Å²) in [4.78, 5) is 14.3. The van der Waals surface area contributed by atoms with Gasteiger partial charge in [-0.1, -0.05) is 23.8 Å². The number of piperazine rings is 1.